The number of methoxy groups -OCH3 is 1. The Morgan fingerprint density at radius 2 is 1.92 bits per heavy atom. The third-order valence-electron chi connectivity index (χ3n) is 7.09. The van der Waals surface area contributed by atoms with Crippen LogP contribution in [-0.2, 0) is 27.4 Å². The highest BCUT2D eigenvalue weighted by atomic mass is 19.4. The minimum Gasteiger partial charge on any atom is -0.496 e. The van der Waals surface area contributed by atoms with Crippen LogP contribution in [0.25, 0.3) is 0 Å². The maximum Gasteiger partial charge on any atom is 0.471 e. The molecular formula is C26H33F3N2O6. The predicted octanol–water partition coefficient (Wildman–Crippen LogP) is 4.26. The van der Waals surface area contributed by atoms with E-state index in [0.717, 1.165) is 38.6 Å². The number of carbonyl (C=O) groups is 3. The summed E-state index contributed by atoms with van der Waals surface area (Å²) >= 11 is 0. The summed E-state index contributed by atoms with van der Waals surface area (Å²) in [7, 11) is 2.32. The number of ether oxygens (including phenoxy) is 2. The molecule has 1 atom stereocenters. The quantitative estimate of drug-likeness (QED) is 0.359. The summed E-state index contributed by atoms with van der Waals surface area (Å²) in [5, 5.41) is 9.72. The Bertz CT molecular complexity index is 1090. The van der Waals surface area contributed by atoms with Gasteiger partial charge in [-0.2, -0.15) is 13.2 Å². The van der Waals surface area contributed by atoms with Crippen molar-refractivity contribution in [2.45, 2.75) is 58.7 Å². The number of nitrogens with zero attached hydrogens (tertiary/aromatic N) is 2. The number of esters is 1. The molecule has 1 saturated heterocycles. The molecule has 0 radical (unpaired) electrons. The molecule has 11 heteroatoms. The van der Waals surface area contributed by atoms with Crippen LogP contribution in [0.3, 0.4) is 0 Å². The van der Waals surface area contributed by atoms with Crippen LogP contribution in [0.2, 0.25) is 0 Å². The number of rotatable bonds is 10. The molecule has 1 unspecified atom stereocenters. The zero-order valence-corrected chi connectivity index (χ0v) is 21.5. The molecule has 0 aliphatic carbocycles. The molecule has 37 heavy (non-hydrogen) atoms. The highest BCUT2D eigenvalue weighted by molar-refractivity contribution is 6.07. The number of halogens is 3. The molecule has 3 rings (SSSR count). The molecule has 204 valence electrons. The summed E-state index contributed by atoms with van der Waals surface area (Å²) < 4.78 is 50.6. The van der Waals surface area contributed by atoms with Crippen molar-refractivity contribution in [3.8, 4) is 5.75 Å². The number of carboxylic acids is 1. The van der Waals surface area contributed by atoms with Crippen molar-refractivity contribution < 1.29 is 42.1 Å². The van der Waals surface area contributed by atoms with Gasteiger partial charge in [-0.1, -0.05) is 11.6 Å². The second kappa shape index (κ2) is 11.5. The molecule has 1 aromatic rings. The number of likely N-dealkylation sites (tertiary alicyclic amines) is 1. The molecule has 8 nitrogen and oxygen atoms in total. The van der Waals surface area contributed by atoms with Gasteiger partial charge in [-0.05, 0) is 71.1 Å². The average molecular weight is 527 g/mol. The first-order valence-electron chi connectivity index (χ1n) is 12.2. The molecule has 0 saturated carbocycles. The Kier molecular flexibility index (Phi) is 8.88. The number of alkyl halides is 3. The SMILES string of the molecule is COc1c(C)c2c(c(N(C)C(=O)C(F)(F)F)c1C/C=C(\C)CC(CCN1CCCC1)C(=O)O)C(=O)OC2. The molecule has 1 N–H and O–H groups in total. The first kappa shape index (κ1) is 28.5. The number of aliphatic carboxylic acids is 1. The van der Waals surface area contributed by atoms with Gasteiger partial charge in [0.1, 0.15) is 12.4 Å². The van der Waals surface area contributed by atoms with E-state index < -0.39 is 29.9 Å². The van der Waals surface area contributed by atoms with Crippen LogP contribution in [0.15, 0.2) is 11.6 Å². The summed E-state index contributed by atoms with van der Waals surface area (Å²) in [4.78, 5) is 39.2. The van der Waals surface area contributed by atoms with Gasteiger partial charge >= 0.3 is 24.0 Å². The standard InChI is InChI=1S/C26H33F3N2O6/c1-15(13-17(23(32)33)9-12-31-10-5-6-11-31)7-8-18-21(30(3)25(35)26(27,28)29)20-19(14-37-24(20)34)16(2)22(18)36-4/h7,17H,5-6,8-14H2,1-4H3,(H,32,33)/b15-7+. The fourth-order valence-electron chi connectivity index (χ4n) is 5.10. The molecule has 1 fully saturated rings. The van der Waals surface area contributed by atoms with E-state index in [-0.39, 0.29) is 42.0 Å². The number of amides is 1. The van der Waals surface area contributed by atoms with Crippen LogP contribution < -0.4 is 9.64 Å². The van der Waals surface area contributed by atoms with Gasteiger partial charge in [0, 0.05) is 18.2 Å². The Labute approximate surface area is 214 Å². The molecule has 2 heterocycles. The monoisotopic (exact) mass is 526 g/mol. The van der Waals surface area contributed by atoms with Crippen molar-refractivity contribution in [3.05, 3.63) is 33.9 Å². The van der Waals surface area contributed by atoms with E-state index in [1.807, 2.05) is 0 Å². The topological polar surface area (TPSA) is 96.4 Å². The molecule has 0 bridgehead atoms. The van der Waals surface area contributed by atoms with Crippen molar-refractivity contribution in [2.24, 2.45) is 5.92 Å². The van der Waals surface area contributed by atoms with Crippen LogP contribution in [0, 0.1) is 12.8 Å². The highest BCUT2D eigenvalue weighted by Crippen LogP contribution is 2.43. The van der Waals surface area contributed by atoms with E-state index in [2.05, 4.69) is 4.90 Å². The third kappa shape index (κ3) is 6.26. The summed E-state index contributed by atoms with van der Waals surface area (Å²) in [5.41, 5.74) is 1.56. The van der Waals surface area contributed by atoms with Crippen molar-refractivity contribution in [1.82, 2.24) is 4.90 Å². The molecule has 2 aliphatic rings. The number of hydrogen-bond donors (Lipinski definition) is 1. The van der Waals surface area contributed by atoms with Gasteiger partial charge in [0.25, 0.3) is 0 Å². The van der Waals surface area contributed by atoms with Crippen LogP contribution in [-0.4, -0.2) is 67.8 Å². The van der Waals surface area contributed by atoms with Gasteiger partial charge < -0.3 is 24.4 Å². The fraction of sp³-hybridized carbons (Fsp3) is 0.577. The van der Waals surface area contributed by atoms with Crippen LogP contribution in [0.5, 0.6) is 5.75 Å². The lowest BCUT2D eigenvalue weighted by molar-refractivity contribution is -0.170. The minimum atomic E-state index is -5.16. The van der Waals surface area contributed by atoms with Crippen LogP contribution in [0.4, 0.5) is 18.9 Å². The predicted molar refractivity (Wildman–Crippen MR) is 130 cm³/mol. The molecule has 0 spiro atoms. The molecule has 0 aromatic heterocycles. The molecule has 2 aliphatic heterocycles. The number of carboxylic acid groups (broad SMARTS) is 1. The number of cyclic esters (lactones) is 1. The van der Waals surface area contributed by atoms with E-state index in [1.54, 1.807) is 19.9 Å². The van der Waals surface area contributed by atoms with Crippen molar-refractivity contribution in [3.63, 3.8) is 0 Å². The first-order chi connectivity index (χ1) is 17.4. The smallest absolute Gasteiger partial charge is 0.471 e. The fourth-order valence-corrected chi connectivity index (χ4v) is 5.10. The number of hydrogen-bond acceptors (Lipinski definition) is 6. The van der Waals surface area contributed by atoms with Crippen molar-refractivity contribution in [1.29, 1.82) is 0 Å². The summed E-state index contributed by atoms with van der Waals surface area (Å²) in [6, 6.07) is 0. The Hall–Kier alpha value is -3.08. The van der Waals surface area contributed by atoms with Gasteiger partial charge in [-0.3, -0.25) is 9.59 Å². The summed E-state index contributed by atoms with van der Waals surface area (Å²) in [5.74, 6) is -4.20. The van der Waals surface area contributed by atoms with Gasteiger partial charge in [0.15, 0.2) is 0 Å². The second-order valence-electron chi connectivity index (χ2n) is 9.61. The lowest BCUT2D eigenvalue weighted by atomic mass is 9.91. The maximum atomic E-state index is 13.3. The van der Waals surface area contributed by atoms with Crippen LogP contribution >= 0.6 is 0 Å². The Balaban J connectivity index is 1.95. The number of fused-ring (bicyclic) bond motifs is 1. The molecular weight excluding hydrogens is 493 g/mol. The third-order valence-corrected chi connectivity index (χ3v) is 7.09. The van der Waals surface area contributed by atoms with Gasteiger partial charge in [-0.15, -0.1) is 0 Å². The van der Waals surface area contributed by atoms with Crippen molar-refractivity contribution >= 4 is 23.5 Å². The van der Waals surface area contributed by atoms with Gasteiger partial charge in [0.05, 0.1) is 24.3 Å². The summed E-state index contributed by atoms with van der Waals surface area (Å²) in [6.45, 7) is 5.93. The lowest BCUT2D eigenvalue weighted by Gasteiger charge is -2.26. The zero-order valence-electron chi connectivity index (χ0n) is 21.5. The normalized spacial score (nSPS) is 16.9. The van der Waals surface area contributed by atoms with E-state index in [0.29, 0.717) is 29.0 Å². The second-order valence-corrected chi connectivity index (χ2v) is 9.61. The number of carbonyl (C=O) groups excluding carboxylic acids is 2. The molecule has 1 aromatic carbocycles. The Morgan fingerprint density at radius 1 is 1.27 bits per heavy atom. The number of anilines is 1. The van der Waals surface area contributed by atoms with Crippen molar-refractivity contribution in [2.75, 3.05) is 38.7 Å². The minimum absolute atomic E-state index is 0.0275. The van der Waals surface area contributed by atoms with E-state index in [4.69, 9.17) is 9.47 Å². The maximum absolute atomic E-state index is 13.3. The van der Waals surface area contributed by atoms with Crippen LogP contribution in [0.1, 0.15) is 59.7 Å². The first-order valence-corrected chi connectivity index (χ1v) is 12.2. The number of benzene rings is 1. The van der Waals surface area contributed by atoms with E-state index in [9.17, 15) is 32.7 Å². The average Bonchev–Trinajstić information content (AvgIpc) is 3.49. The molecule has 1 amide bonds. The lowest BCUT2D eigenvalue weighted by Crippen LogP contribution is -2.39. The Morgan fingerprint density at radius 3 is 2.49 bits per heavy atom. The van der Waals surface area contributed by atoms with E-state index >= 15 is 0 Å². The highest BCUT2D eigenvalue weighted by Gasteiger charge is 2.44. The zero-order chi connectivity index (χ0) is 27.5. The van der Waals surface area contributed by atoms with E-state index in [1.165, 1.54) is 7.11 Å². The number of allylic oxidation sites excluding steroid dienone is 2. The van der Waals surface area contributed by atoms with Gasteiger partial charge in [-0.25, -0.2) is 4.79 Å². The largest absolute Gasteiger partial charge is 0.496 e. The van der Waals surface area contributed by atoms with Gasteiger partial charge in [0.2, 0.25) is 0 Å². The summed E-state index contributed by atoms with van der Waals surface area (Å²) in [6.07, 6.45) is -0.439.